The number of nitrogens with zero attached hydrogens (tertiary/aromatic N) is 4. The number of hydrogen-bond acceptors (Lipinski definition) is 8. The number of aryl methyl sites for hydroxylation is 2. The van der Waals surface area contributed by atoms with Crippen molar-refractivity contribution in [3.05, 3.63) is 77.6 Å². The Balaban J connectivity index is 1.79. The lowest BCUT2D eigenvalue weighted by atomic mass is 10.1. The molecule has 13 heteroatoms. The van der Waals surface area contributed by atoms with Crippen LogP contribution in [0.15, 0.2) is 59.8 Å². The summed E-state index contributed by atoms with van der Waals surface area (Å²) < 4.78 is 76.8. The molecule has 0 aliphatic carbocycles. The van der Waals surface area contributed by atoms with Gasteiger partial charge in [0.2, 0.25) is 0 Å². The van der Waals surface area contributed by atoms with Gasteiger partial charge in [0.25, 0.3) is 10.0 Å². The number of amides is 1. The molecule has 0 spiro atoms. The second-order valence-corrected chi connectivity index (χ2v) is 14.7. The number of carbonyl (C=O) groups is 1. The second kappa shape index (κ2) is 13.7. The number of unbranched alkanes of at least 4 members (excludes halogenated alkanes) is 1. The van der Waals surface area contributed by atoms with E-state index in [0.29, 0.717) is 12.0 Å². The zero-order valence-corrected chi connectivity index (χ0v) is 28.2. The first-order valence-electron chi connectivity index (χ1n) is 14.9. The number of carbonyl (C=O) groups excluding carboxylic acids is 1. The average Bonchev–Trinajstić information content (AvgIpc) is 3.34. The standard InChI is InChI=1S/C34H38F2N4O6S/c1-22-11-13-25(14-12-22)47(42,43)40-20-23(10-8-9-16-37)29-28(15-17-38-31(29)40)45-30-26(35)18-24(19-27(30)36)39(21-44-33(2,3)4)32(41)46-34(5,6)7/h11-15,17-20H,8-10,21H2,1-7H3. The zero-order valence-electron chi connectivity index (χ0n) is 27.4. The molecule has 4 aromatic rings. The first kappa shape index (κ1) is 35.3. The molecule has 0 radical (unpaired) electrons. The highest BCUT2D eigenvalue weighted by molar-refractivity contribution is 7.90. The predicted molar refractivity (Wildman–Crippen MR) is 173 cm³/mol. The van der Waals surface area contributed by atoms with Crippen molar-refractivity contribution in [3.8, 4) is 17.6 Å². The van der Waals surface area contributed by atoms with E-state index >= 15 is 8.78 Å². The van der Waals surface area contributed by atoms with Gasteiger partial charge in [0.1, 0.15) is 18.1 Å². The molecule has 0 fully saturated rings. The van der Waals surface area contributed by atoms with E-state index in [2.05, 4.69) is 11.1 Å². The van der Waals surface area contributed by atoms with Gasteiger partial charge in [-0.05, 0) is 85.1 Å². The molecule has 0 bridgehead atoms. The van der Waals surface area contributed by atoms with Crippen LogP contribution in [0, 0.1) is 29.9 Å². The highest BCUT2D eigenvalue weighted by Crippen LogP contribution is 2.38. The summed E-state index contributed by atoms with van der Waals surface area (Å²) in [5.74, 6) is -3.09. The highest BCUT2D eigenvalue weighted by atomic mass is 32.2. The first-order chi connectivity index (χ1) is 21.9. The van der Waals surface area contributed by atoms with Gasteiger partial charge in [0.05, 0.1) is 27.6 Å². The molecule has 0 aliphatic rings. The van der Waals surface area contributed by atoms with Gasteiger partial charge in [-0.3, -0.25) is 4.90 Å². The normalized spacial score (nSPS) is 12.2. The van der Waals surface area contributed by atoms with Gasteiger partial charge in [0.15, 0.2) is 23.0 Å². The lowest BCUT2D eigenvalue weighted by Crippen LogP contribution is -2.40. The Bertz CT molecular complexity index is 1900. The van der Waals surface area contributed by atoms with Crippen LogP contribution >= 0.6 is 0 Å². The summed E-state index contributed by atoms with van der Waals surface area (Å²) in [4.78, 5) is 18.3. The van der Waals surface area contributed by atoms with Crippen LogP contribution in [0.4, 0.5) is 19.3 Å². The van der Waals surface area contributed by atoms with E-state index in [1.807, 2.05) is 6.92 Å². The van der Waals surface area contributed by atoms with E-state index in [4.69, 9.17) is 19.5 Å². The number of halogens is 2. The van der Waals surface area contributed by atoms with E-state index in [1.54, 1.807) is 53.7 Å². The van der Waals surface area contributed by atoms with Gasteiger partial charge in [-0.25, -0.2) is 30.9 Å². The summed E-state index contributed by atoms with van der Waals surface area (Å²) in [6, 6.07) is 11.6. The third-order valence-electron chi connectivity index (χ3n) is 6.76. The van der Waals surface area contributed by atoms with E-state index in [-0.39, 0.29) is 46.9 Å². The van der Waals surface area contributed by atoms with Crippen LogP contribution < -0.4 is 9.64 Å². The average molecular weight is 669 g/mol. The molecule has 10 nitrogen and oxygen atoms in total. The van der Waals surface area contributed by atoms with Crippen molar-refractivity contribution in [2.75, 3.05) is 11.6 Å². The van der Waals surface area contributed by atoms with Crippen molar-refractivity contribution in [3.63, 3.8) is 0 Å². The summed E-state index contributed by atoms with van der Waals surface area (Å²) in [7, 11) is -4.13. The third kappa shape index (κ3) is 8.44. The Morgan fingerprint density at radius 3 is 2.23 bits per heavy atom. The van der Waals surface area contributed by atoms with Gasteiger partial charge in [-0.2, -0.15) is 5.26 Å². The van der Waals surface area contributed by atoms with Gasteiger partial charge in [0, 0.05) is 30.9 Å². The molecule has 2 aromatic heterocycles. The molecular formula is C34H38F2N4O6S. The maximum Gasteiger partial charge on any atom is 0.416 e. The van der Waals surface area contributed by atoms with Gasteiger partial charge < -0.3 is 14.2 Å². The van der Waals surface area contributed by atoms with Crippen LogP contribution in [-0.2, 0) is 25.9 Å². The largest absolute Gasteiger partial charge is 0.450 e. The van der Waals surface area contributed by atoms with Crippen LogP contribution in [0.1, 0.15) is 65.5 Å². The number of ether oxygens (including phenoxy) is 3. The molecule has 2 aromatic carbocycles. The minimum Gasteiger partial charge on any atom is -0.450 e. The van der Waals surface area contributed by atoms with Crippen molar-refractivity contribution in [2.45, 2.75) is 83.8 Å². The van der Waals surface area contributed by atoms with Crippen molar-refractivity contribution in [1.29, 1.82) is 5.26 Å². The fourth-order valence-electron chi connectivity index (χ4n) is 4.53. The molecule has 2 heterocycles. The van der Waals surface area contributed by atoms with E-state index in [9.17, 15) is 13.2 Å². The zero-order chi connectivity index (χ0) is 34.7. The van der Waals surface area contributed by atoms with E-state index < -0.39 is 44.7 Å². The first-order valence-corrected chi connectivity index (χ1v) is 16.3. The topological polar surface area (TPSA) is 124 Å². The quantitative estimate of drug-likeness (QED) is 0.123. The fourth-order valence-corrected chi connectivity index (χ4v) is 5.87. The lowest BCUT2D eigenvalue weighted by molar-refractivity contribution is -0.00750. The predicted octanol–water partition coefficient (Wildman–Crippen LogP) is 8.01. The Kier molecular flexibility index (Phi) is 10.3. The number of benzene rings is 2. The molecule has 47 heavy (non-hydrogen) atoms. The number of fused-ring (bicyclic) bond motifs is 1. The number of hydrogen-bond donors (Lipinski definition) is 0. The van der Waals surface area contributed by atoms with Crippen LogP contribution in [0.5, 0.6) is 11.5 Å². The molecule has 0 aliphatic heterocycles. The summed E-state index contributed by atoms with van der Waals surface area (Å²) in [5.41, 5.74) is -0.416. The number of rotatable bonds is 10. The molecule has 0 saturated heterocycles. The monoisotopic (exact) mass is 668 g/mol. The molecule has 0 unspecified atom stereocenters. The third-order valence-corrected chi connectivity index (χ3v) is 8.42. The van der Waals surface area contributed by atoms with Gasteiger partial charge >= 0.3 is 6.09 Å². The molecular weight excluding hydrogens is 630 g/mol. The van der Waals surface area contributed by atoms with Crippen LogP contribution in [0.3, 0.4) is 0 Å². The molecule has 1 amide bonds. The number of nitriles is 1. The van der Waals surface area contributed by atoms with Crippen LogP contribution in [0.25, 0.3) is 11.0 Å². The summed E-state index contributed by atoms with van der Waals surface area (Å²) in [6.07, 6.45) is 2.65. The SMILES string of the molecule is Cc1ccc(S(=O)(=O)n2cc(CCCC#N)c3c(Oc4c(F)cc(N(COC(C)(C)C)C(=O)OC(C)(C)C)cc4F)ccnc32)cc1. The molecule has 250 valence electrons. The molecule has 0 saturated carbocycles. The molecule has 0 atom stereocenters. The number of anilines is 1. The Labute approximate surface area is 273 Å². The number of aromatic nitrogens is 2. The number of pyridine rings is 1. The smallest absolute Gasteiger partial charge is 0.416 e. The van der Waals surface area contributed by atoms with E-state index in [0.717, 1.165) is 26.6 Å². The van der Waals surface area contributed by atoms with Crippen LogP contribution in [-0.4, -0.2) is 41.4 Å². The summed E-state index contributed by atoms with van der Waals surface area (Å²) in [6.45, 7) is 11.8. The van der Waals surface area contributed by atoms with Crippen LogP contribution in [0.2, 0.25) is 0 Å². The lowest BCUT2D eigenvalue weighted by Gasteiger charge is -2.30. The second-order valence-electron chi connectivity index (χ2n) is 12.9. The van der Waals surface area contributed by atoms with E-state index in [1.165, 1.54) is 30.6 Å². The summed E-state index contributed by atoms with van der Waals surface area (Å²) in [5, 5.41) is 9.31. The summed E-state index contributed by atoms with van der Waals surface area (Å²) >= 11 is 0. The minimum absolute atomic E-state index is 0.0112. The Hall–Kier alpha value is -4.54. The Morgan fingerprint density at radius 1 is 1.02 bits per heavy atom. The molecule has 0 N–H and O–H groups in total. The molecule has 4 rings (SSSR count). The minimum atomic E-state index is -4.13. The van der Waals surface area contributed by atoms with Gasteiger partial charge in [-0.1, -0.05) is 17.7 Å². The van der Waals surface area contributed by atoms with Crippen molar-refractivity contribution >= 4 is 32.8 Å². The maximum absolute atomic E-state index is 15.7. The highest BCUT2D eigenvalue weighted by Gasteiger charge is 2.29. The Morgan fingerprint density at radius 2 is 1.66 bits per heavy atom. The maximum atomic E-state index is 15.7. The van der Waals surface area contributed by atoms with Crippen molar-refractivity contribution in [2.24, 2.45) is 0 Å². The fraction of sp³-hybridized carbons (Fsp3) is 0.382. The van der Waals surface area contributed by atoms with Crippen molar-refractivity contribution in [1.82, 2.24) is 8.96 Å². The van der Waals surface area contributed by atoms with Crippen molar-refractivity contribution < 1.29 is 36.2 Å². The van der Waals surface area contributed by atoms with Gasteiger partial charge in [-0.15, -0.1) is 0 Å².